The largest absolute Gasteiger partial charge is 0.372 e. The van der Waals surface area contributed by atoms with Crippen molar-refractivity contribution in [1.29, 1.82) is 0 Å². The summed E-state index contributed by atoms with van der Waals surface area (Å²) in [6, 6.07) is 6.77. The molecular formula is C18H30N2O. The van der Waals surface area contributed by atoms with Crippen molar-refractivity contribution < 1.29 is 4.74 Å². The molecule has 1 aliphatic rings. The smallest absolute Gasteiger partial charge is 0.0801 e. The molecule has 1 heterocycles. The van der Waals surface area contributed by atoms with Crippen LogP contribution in [0, 0.1) is 6.92 Å². The zero-order valence-electron chi connectivity index (χ0n) is 14.4. The highest BCUT2D eigenvalue weighted by molar-refractivity contribution is 5.55. The molecule has 1 aliphatic heterocycles. The molecule has 1 fully saturated rings. The molecule has 1 aromatic rings. The van der Waals surface area contributed by atoms with Gasteiger partial charge in [0.2, 0.25) is 0 Å². The first kappa shape index (κ1) is 16.3. The van der Waals surface area contributed by atoms with E-state index in [1.807, 2.05) is 0 Å². The lowest BCUT2D eigenvalue weighted by molar-refractivity contribution is -0.0277. The van der Waals surface area contributed by atoms with Crippen molar-refractivity contribution in [3.63, 3.8) is 0 Å². The van der Waals surface area contributed by atoms with Gasteiger partial charge < -0.3 is 15.0 Å². The molecule has 118 valence electrons. The fourth-order valence-electron chi connectivity index (χ4n) is 2.75. The highest BCUT2D eigenvalue weighted by atomic mass is 16.5. The van der Waals surface area contributed by atoms with Crippen LogP contribution in [0.15, 0.2) is 18.2 Å². The Kier molecular flexibility index (Phi) is 4.64. The molecule has 3 heteroatoms. The van der Waals surface area contributed by atoms with E-state index in [4.69, 9.17) is 4.74 Å². The molecule has 1 aromatic carbocycles. The molecular weight excluding hydrogens is 260 g/mol. The van der Waals surface area contributed by atoms with Gasteiger partial charge in [-0.3, -0.25) is 0 Å². The summed E-state index contributed by atoms with van der Waals surface area (Å²) in [4.78, 5) is 2.46. The summed E-state index contributed by atoms with van der Waals surface area (Å²) in [5.74, 6) is 0. The number of anilines is 1. The Morgan fingerprint density at radius 3 is 2.62 bits per heavy atom. The fraction of sp³-hybridized carbons (Fsp3) is 0.667. The summed E-state index contributed by atoms with van der Waals surface area (Å²) in [5.41, 5.74) is 4.09. The van der Waals surface area contributed by atoms with Gasteiger partial charge in [-0.05, 0) is 53.2 Å². The summed E-state index contributed by atoms with van der Waals surface area (Å²) >= 11 is 0. The van der Waals surface area contributed by atoms with Crippen LogP contribution >= 0.6 is 0 Å². The maximum Gasteiger partial charge on any atom is 0.0801 e. The second kappa shape index (κ2) is 5.98. The number of benzene rings is 1. The van der Waals surface area contributed by atoms with E-state index in [0.717, 1.165) is 26.2 Å². The zero-order valence-corrected chi connectivity index (χ0v) is 14.4. The van der Waals surface area contributed by atoms with Gasteiger partial charge in [0.15, 0.2) is 0 Å². The van der Waals surface area contributed by atoms with Crippen LogP contribution in [0.3, 0.4) is 0 Å². The third-order valence-corrected chi connectivity index (χ3v) is 3.81. The summed E-state index contributed by atoms with van der Waals surface area (Å²) in [6.07, 6.45) is 0. The Morgan fingerprint density at radius 2 is 2.00 bits per heavy atom. The van der Waals surface area contributed by atoms with Crippen molar-refractivity contribution in [1.82, 2.24) is 5.32 Å². The number of aryl methyl sites for hydroxylation is 1. The minimum Gasteiger partial charge on any atom is -0.372 e. The summed E-state index contributed by atoms with van der Waals surface area (Å²) in [5, 5.41) is 3.61. The lowest BCUT2D eigenvalue weighted by Gasteiger charge is -2.40. The summed E-state index contributed by atoms with van der Waals surface area (Å²) in [7, 11) is 0. The molecule has 0 aliphatic carbocycles. The molecule has 0 bridgehead atoms. The fourth-order valence-corrected chi connectivity index (χ4v) is 2.75. The lowest BCUT2D eigenvalue weighted by Crippen LogP contribution is -2.48. The molecule has 1 N–H and O–H groups in total. The predicted octanol–water partition coefficient (Wildman–Crippen LogP) is 3.50. The van der Waals surface area contributed by atoms with Crippen molar-refractivity contribution in [3.8, 4) is 0 Å². The van der Waals surface area contributed by atoms with Gasteiger partial charge in [0.25, 0.3) is 0 Å². The first-order valence-electron chi connectivity index (χ1n) is 7.90. The molecule has 0 unspecified atom stereocenters. The Hall–Kier alpha value is -1.06. The van der Waals surface area contributed by atoms with Crippen molar-refractivity contribution >= 4 is 5.69 Å². The summed E-state index contributed by atoms with van der Waals surface area (Å²) in [6.45, 7) is 16.7. The molecule has 0 radical (unpaired) electrons. The van der Waals surface area contributed by atoms with Crippen molar-refractivity contribution in [2.24, 2.45) is 0 Å². The second-order valence-electron chi connectivity index (χ2n) is 7.77. The first-order chi connectivity index (χ1) is 9.66. The quantitative estimate of drug-likeness (QED) is 0.922. The van der Waals surface area contributed by atoms with E-state index in [1.54, 1.807) is 0 Å². The van der Waals surface area contributed by atoms with Gasteiger partial charge in [-0.2, -0.15) is 0 Å². The van der Waals surface area contributed by atoms with E-state index >= 15 is 0 Å². The number of morpholine rings is 1. The Balaban J connectivity index is 2.22. The second-order valence-corrected chi connectivity index (χ2v) is 7.77. The van der Waals surface area contributed by atoms with Crippen LogP contribution in [0.4, 0.5) is 5.69 Å². The molecule has 0 aromatic heterocycles. The van der Waals surface area contributed by atoms with Gasteiger partial charge >= 0.3 is 0 Å². The van der Waals surface area contributed by atoms with E-state index in [1.165, 1.54) is 16.8 Å². The third kappa shape index (κ3) is 4.72. The van der Waals surface area contributed by atoms with Gasteiger partial charge in [-0.15, -0.1) is 0 Å². The average molecular weight is 290 g/mol. The Labute approximate surface area is 129 Å². The molecule has 21 heavy (non-hydrogen) atoms. The van der Waals surface area contributed by atoms with Crippen molar-refractivity contribution in [2.75, 3.05) is 24.6 Å². The monoisotopic (exact) mass is 290 g/mol. The van der Waals surface area contributed by atoms with Gasteiger partial charge in [-0.25, -0.2) is 0 Å². The number of nitrogens with zero attached hydrogens (tertiary/aromatic N) is 1. The maximum atomic E-state index is 5.84. The normalized spacial score (nSPS) is 18.9. The zero-order chi connectivity index (χ0) is 15.7. The minimum atomic E-state index is -0.0716. The highest BCUT2D eigenvalue weighted by Gasteiger charge is 2.28. The number of rotatable bonds is 3. The van der Waals surface area contributed by atoms with E-state index in [0.29, 0.717) is 0 Å². The van der Waals surface area contributed by atoms with Crippen LogP contribution in [0.2, 0.25) is 0 Å². The van der Waals surface area contributed by atoms with Crippen LogP contribution < -0.4 is 10.2 Å². The summed E-state index contributed by atoms with van der Waals surface area (Å²) < 4.78 is 5.84. The molecule has 1 saturated heterocycles. The predicted molar refractivity (Wildman–Crippen MR) is 90.0 cm³/mol. The maximum absolute atomic E-state index is 5.84. The van der Waals surface area contributed by atoms with Gasteiger partial charge in [0.05, 0.1) is 12.2 Å². The van der Waals surface area contributed by atoms with Crippen LogP contribution in [0.25, 0.3) is 0 Å². The number of hydrogen-bond donors (Lipinski definition) is 1. The molecule has 0 saturated carbocycles. The van der Waals surface area contributed by atoms with E-state index in [-0.39, 0.29) is 11.1 Å². The van der Waals surface area contributed by atoms with Crippen LogP contribution in [-0.2, 0) is 11.3 Å². The van der Waals surface area contributed by atoms with Gasteiger partial charge in [0, 0.05) is 30.9 Å². The molecule has 0 amide bonds. The molecule has 2 rings (SSSR count). The number of hydrogen-bond acceptors (Lipinski definition) is 3. The van der Waals surface area contributed by atoms with Crippen LogP contribution in [-0.4, -0.2) is 30.8 Å². The van der Waals surface area contributed by atoms with Gasteiger partial charge in [-0.1, -0.05) is 17.7 Å². The Bertz CT molecular complexity index is 488. The molecule has 3 nitrogen and oxygen atoms in total. The number of nitrogens with one attached hydrogen (secondary N) is 1. The molecule has 0 spiro atoms. The average Bonchev–Trinajstić information content (AvgIpc) is 2.34. The van der Waals surface area contributed by atoms with Crippen LogP contribution in [0.5, 0.6) is 0 Å². The van der Waals surface area contributed by atoms with Crippen molar-refractivity contribution in [3.05, 3.63) is 29.3 Å². The van der Waals surface area contributed by atoms with E-state index in [9.17, 15) is 0 Å². The van der Waals surface area contributed by atoms with Gasteiger partial charge in [0.1, 0.15) is 0 Å². The molecule has 0 atom stereocenters. The SMILES string of the molecule is Cc1ccc(N2CCOC(C)(C)C2)c(CNC(C)(C)C)c1. The minimum absolute atomic E-state index is 0.0716. The third-order valence-electron chi connectivity index (χ3n) is 3.81. The van der Waals surface area contributed by atoms with Crippen LogP contribution in [0.1, 0.15) is 45.7 Å². The topological polar surface area (TPSA) is 24.5 Å². The van der Waals surface area contributed by atoms with E-state index < -0.39 is 0 Å². The Morgan fingerprint density at radius 1 is 1.29 bits per heavy atom. The lowest BCUT2D eigenvalue weighted by atomic mass is 10.0. The highest BCUT2D eigenvalue weighted by Crippen LogP contribution is 2.27. The standard InChI is InChI=1S/C18H30N2O/c1-14-7-8-16(15(11-14)12-19-17(2,3)4)20-9-10-21-18(5,6)13-20/h7-8,11,19H,9-10,12-13H2,1-6H3. The van der Waals surface area contributed by atoms with E-state index in [2.05, 4.69) is 70.0 Å². The van der Waals surface area contributed by atoms with Crippen molar-refractivity contribution in [2.45, 2.75) is 59.2 Å². The number of ether oxygens (including phenoxy) is 1. The first-order valence-corrected chi connectivity index (χ1v) is 7.90.